The molecule has 19 heavy (non-hydrogen) atoms. The average Bonchev–Trinajstić information content (AvgIpc) is 2.45. The number of benzene rings is 1. The van der Waals surface area contributed by atoms with Crippen LogP contribution in [0.2, 0.25) is 0 Å². The molecule has 0 unspecified atom stereocenters. The first-order chi connectivity index (χ1) is 9.18. The van der Waals surface area contributed by atoms with Crippen LogP contribution in [0.15, 0.2) is 18.2 Å². The van der Waals surface area contributed by atoms with E-state index in [0.717, 1.165) is 47.6 Å². The first kappa shape index (κ1) is 12.4. The largest absolute Gasteiger partial charge is 0.493 e. The molecule has 1 aromatic carbocycles. The summed E-state index contributed by atoms with van der Waals surface area (Å²) in [7, 11) is 0. The second kappa shape index (κ2) is 4.78. The molecule has 98 valence electrons. The number of aromatic nitrogens is 2. The number of aromatic amines is 1. The number of hydrogen-bond acceptors (Lipinski definition) is 3. The molecular formula is C15H16N2OS. The Labute approximate surface area is 117 Å². The number of fused-ring (bicyclic) bond motifs is 1. The average molecular weight is 272 g/mol. The minimum Gasteiger partial charge on any atom is -0.493 e. The molecule has 0 spiro atoms. The maximum atomic E-state index is 5.85. The van der Waals surface area contributed by atoms with Crippen LogP contribution in [0.5, 0.6) is 5.75 Å². The lowest BCUT2D eigenvalue weighted by Crippen LogP contribution is -2.10. The summed E-state index contributed by atoms with van der Waals surface area (Å²) in [6.07, 6.45) is 2.16. The van der Waals surface area contributed by atoms with Crippen LogP contribution in [0.3, 0.4) is 0 Å². The van der Waals surface area contributed by atoms with E-state index < -0.39 is 0 Å². The fourth-order valence-electron chi connectivity index (χ4n) is 2.46. The summed E-state index contributed by atoms with van der Waals surface area (Å²) in [5, 5.41) is 7.33. The fourth-order valence-corrected chi connectivity index (χ4v) is 2.66. The van der Waals surface area contributed by atoms with E-state index in [2.05, 4.69) is 35.3 Å². The summed E-state index contributed by atoms with van der Waals surface area (Å²) in [6.45, 7) is 4.87. The molecule has 0 atom stereocenters. The highest BCUT2D eigenvalue weighted by molar-refractivity contribution is 7.71. The lowest BCUT2D eigenvalue weighted by Gasteiger charge is -2.20. The minimum atomic E-state index is 0.701. The number of nitrogens with zero attached hydrogens (tertiary/aromatic N) is 1. The van der Waals surface area contributed by atoms with Crippen LogP contribution in [0.1, 0.15) is 23.1 Å². The van der Waals surface area contributed by atoms with Crippen LogP contribution < -0.4 is 4.74 Å². The first-order valence-electron chi connectivity index (χ1n) is 6.49. The molecule has 0 bridgehead atoms. The van der Waals surface area contributed by atoms with Crippen molar-refractivity contribution < 1.29 is 4.74 Å². The van der Waals surface area contributed by atoms with E-state index in [1.165, 1.54) is 5.56 Å². The van der Waals surface area contributed by atoms with Gasteiger partial charge in [-0.2, -0.15) is 5.10 Å². The van der Waals surface area contributed by atoms with Crippen molar-refractivity contribution in [1.29, 1.82) is 0 Å². The summed E-state index contributed by atoms with van der Waals surface area (Å²) >= 11 is 5.22. The van der Waals surface area contributed by atoms with Gasteiger partial charge in [0, 0.05) is 5.56 Å². The van der Waals surface area contributed by atoms with Gasteiger partial charge in [-0.3, -0.25) is 5.10 Å². The Morgan fingerprint density at radius 1 is 1.26 bits per heavy atom. The molecule has 3 nitrogen and oxygen atoms in total. The Bertz CT molecular complexity index is 691. The Balaban J connectivity index is 2.23. The lowest BCUT2D eigenvalue weighted by molar-refractivity contribution is 0.289. The van der Waals surface area contributed by atoms with Crippen molar-refractivity contribution in [2.24, 2.45) is 0 Å². The van der Waals surface area contributed by atoms with Gasteiger partial charge in [0.1, 0.15) is 10.4 Å². The molecule has 0 aliphatic carbocycles. The molecule has 1 N–H and O–H groups in total. The molecule has 1 aromatic heterocycles. The van der Waals surface area contributed by atoms with Gasteiger partial charge in [-0.25, -0.2) is 0 Å². The Morgan fingerprint density at radius 2 is 2.11 bits per heavy atom. The third kappa shape index (κ3) is 2.06. The zero-order chi connectivity index (χ0) is 13.4. The van der Waals surface area contributed by atoms with Crippen molar-refractivity contribution >= 4 is 12.2 Å². The molecule has 0 radical (unpaired) electrons. The van der Waals surface area contributed by atoms with Crippen LogP contribution in [0.4, 0.5) is 0 Å². The summed E-state index contributed by atoms with van der Waals surface area (Å²) in [5.41, 5.74) is 5.46. The van der Waals surface area contributed by atoms with Crippen LogP contribution >= 0.6 is 12.2 Å². The zero-order valence-corrected chi connectivity index (χ0v) is 11.9. The van der Waals surface area contributed by atoms with E-state index in [-0.39, 0.29) is 0 Å². The molecule has 3 rings (SSSR count). The first-order valence-corrected chi connectivity index (χ1v) is 6.90. The molecule has 2 heterocycles. The van der Waals surface area contributed by atoms with Crippen LogP contribution in [-0.2, 0) is 6.42 Å². The predicted molar refractivity (Wildman–Crippen MR) is 78.1 cm³/mol. The van der Waals surface area contributed by atoms with Crippen molar-refractivity contribution in [2.45, 2.75) is 26.7 Å². The van der Waals surface area contributed by atoms with E-state index in [4.69, 9.17) is 17.0 Å². The summed E-state index contributed by atoms with van der Waals surface area (Å²) in [5.74, 6) is 0.981. The van der Waals surface area contributed by atoms with Gasteiger partial charge in [-0.05, 0) is 49.4 Å². The van der Waals surface area contributed by atoms with E-state index in [1.54, 1.807) is 0 Å². The highest BCUT2D eigenvalue weighted by Gasteiger charge is 2.18. The van der Waals surface area contributed by atoms with Crippen molar-refractivity contribution in [1.82, 2.24) is 10.2 Å². The van der Waals surface area contributed by atoms with E-state index in [0.29, 0.717) is 4.64 Å². The molecule has 1 aliphatic rings. The van der Waals surface area contributed by atoms with Crippen molar-refractivity contribution in [3.8, 4) is 17.0 Å². The molecule has 2 aromatic rings. The second-order valence-electron chi connectivity index (χ2n) is 4.90. The zero-order valence-electron chi connectivity index (χ0n) is 11.1. The van der Waals surface area contributed by atoms with Gasteiger partial charge >= 0.3 is 0 Å². The summed E-state index contributed by atoms with van der Waals surface area (Å²) < 4.78 is 6.56. The van der Waals surface area contributed by atoms with Gasteiger partial charge in [0.2, 0.25) is 0 Å². The van der Waals surface area contributed by atoms with Crippen molar-refractivity contribution in [2.75, 3.05) is 6.61 Å². The smallest absolute Gasteiger partial charge is 0.131 e. The van der Waals surface area contributed by atoms with Gasteiger partial charge in [0.05, 0.1) is 12.3 Å². The fraction of sp³-hybridized carbons (Fsp3) is 0.333. The molecule has 1 aliphatic heterocycles. The van der Waals surface area contributed by atoms with Gasteiger partial charge in [0.25, 0.3) is 0 Å². The predicted octanol–water partition coefficient (Wildman–Crippen LogP) is 3.75. The van der Waals surface area contributed by atoms with Gasteiger partial charge in [-0.1, -0.05) is 24.4 Å². The monoisotopic (exact) mass is 272 g/mol. The number of rotatable bonds is 1. The lowest BCUT2D eigenvalue weighted by atomic mass is 9.98. The molecule has 4 heteroatoms. The Kier molecular flexibility index (Phi) is 3.11. The Morgan fingerprint density at radius 3 is 2.95 bits per heavy atom. The highest BCUT2D eigenvalue weighted by atomic mass is 32.1. The number of aryl methyl sites for hydroxylation is 1. The van der Waals surface area contributed by atoms with Crippen molar-refractivity contribution in [3.63, 3.8) is 0 Å². The quantitative estimate of drug-likeness (QED) is 0.803. The van der Waals surface area contributed by atoms with Crippen LogP contribution in [-0.4, -0.2) is 16.8 Å². The molecular weight excluding hydrogens is 256 g/mol. The number of nitrogens with one attached hydrogen (secondary N) is 1. The van der Waals surface area contributed by atoms with Gasteiger partial charge in [-0.15, -0.1) is 0 Å². The van der Waals surface area contributed by atoms with E-state index in [1.807, 2.05) is 6.92 Å². The maximum absolute atomic E-state index is 5.85. The van der Waals surface area contributed by atoms with E-state index >= 15 is 0 Å². The molecule has 0 amide bonds. The minimum absolute atomic E-state index is 0.701. The topological polar surface area (TPSA) is 37.9 Å². The molecule has 0 fully saturated rings. The van der Waals surface area contributed by atoms with Gasteiger partial charge < -0.3 is 4.74 Å². The number of hydrogen-bond donors (Lipinski definition) is 1. The highest BCUT2D eigenvalue weighted by Crippen LogP contribution is 2.36. The van der Waals surface area contributed by atoms with Crippen LogP contribution in [0.25, 0.3) is 11.3 Å². The maximum Gasteiger partial charge on any atom is 0.131 e. The van der Waals surface area contributed by atoms with Crippen LogP contribution in [0, 0.1) is 18.5 Å². The summed E-state index contributed by atoms with van der Waals surface area (Å²) in [4.78, 5) is 0. The number of para-hydroxylation sites is 1. The second-order valence-corrected chi connectivity index (χ2v) is 5.31. The van der Waals surface area contributed by atoms with E-state index in [9.17, 15) is 0 Å². The molecule has 0 saturated heterocycles. The van der Waals surface area contributed by atoms with Crippen molar-refractivity contribution in [3.05, 3.63) is 39.5 Å². The Hall–Kier alpha value is -1.68. The SMILES string of the molecule is Cc1c(-c2cccc3c2OCCC3)n[nH]c(=S)c1C. The number of H-pyrrole nitrogens is 1. The normalized spacial score (nSPS) is 13.8. The third-order valence-corrected chi connectivity index (χ3v) is 4.11. The van der Waals surface area contributed by atoms with Gasteiger partial charge in [0.15, 0.2) is 0 Å². The summed E-state index contributed by atoms with van der Waals surface area (Å²) in [6, 6.07) is 6.27. The third-order valence-electron chi connectivity index (χ3n) is 3.72. The standard InChI is InChI=1S/C15H16N2OS/c1-9-10(2)15(19)17-16-13(9)12-7-3-5-11-6-4-8-18-14(11)12/h3,5,7H,4,6,8H2,1-2H3,(H,17,19). The number of ether oxygens (including phenoxy) is 1. The molecule has 0 saturated carbocycles.